The van der Waals surface area contributed by atoms with E-state index in [4.69, 9.17) is 0 Å². The molecule has 11 heteroatoms. The Hall–Kier alpha value is -2.76. The lowest BCUT2D eigenvalue weighted by molar-refractivity contribution is -0.128. The van der Waals surface area contributed by atoms with E-state index in [0.29, 0.717) is 24.9 Å². The summed E-state index contributed by atoms with van der Waals surface area (Å²) in [7, 11) is -8.89. The van der Waals surface area contributed by atoms with Crippen LogP contribution in [0.15, 0.2) is 58.3 Å². The molecule has 2 aromatic carbocycles. The number of sulfonamides is 2. The van der Waals surface area contributed by atoms with Crippen molar-refractivity contribution >= 4 is 31.9 Å². The fourth-order valence-electron chi connectivity index (χ4n) is 4.16. The van der Waals surface area contributed by atoms with Crippen molar-refractivity contribution in [1.29, 1.82) is 0 Å². The van der Waals surface area contributed by atoms with Gasteiger partial charge in [-0.15, -0.1) is 0 Å². The van der Waals surface area contributed by atoms with Crippen LogP contribution in [0.5, 0.6) is 0 Å². The van der Waals surface area contributed by atoms with E-state index in [1.165, 1.54) is 24.3 Å². The van der Waals surface area contributed by atoms with Gasteiger partial charge < -0.3 is 4.90 Å². The molecule has 1 unspecified atom stereocenters. The minimum Gasteiger partial charge on any atom is -0.338 e. The lowest BCUT2D eigenvalue weighted by Gasteiger charge is -2.32. The van der Waals surface area contributed by atoms with Crippen LogP contribution in [0.4, 0.5) is 0 Å². The maximum Gasteiger partial charge on any atom is 0.275 e. The van der Waals surface area contributed by atoms with Gasteiger partial charge in [0, 0.05) is 22.5 Å². The highest BCUT2D eigenvalue weighted by Crippen LogP contribution is 2.35. The highest BCUT2D eigenvalue weighted by atomic mass is 32.3. The Bertz CT molecular complexity index is 1290. The molecule has 0 aliphatic carbocycles. The highest BCUT2D eigenvalue weighted by molar-refractivity contribution is 8.06. The van der Waals surface area contributed by atoms with E-state index in [2.05, 4.69) is 26.2 Å². The first-order valence-electron chi connectivity index (χ1n) is 10.9. The molecule has 2 heterocycles. The number of fused-ring (bicyclic) bond motifs is 1. The first-order chi connectivity index (χ1) is 15.8. The number of hydrogen-bond acceptors (Lipinski definition) is 6. The Morgan fingerprint density at radius 3 is 2.00 bits per heavy atom. The Kier molecular flexibility index (Phi) is 6.07. The Morgan fingerprint density at radius 1 is 0.912 bits per heavy atom. The molecule has 0 bridgehead atoms. The van der Waals surface area contributed by atoms with Crippen molar-refractivity contribution in [3.8, 4) is 0 Å². The van der Waals surface area contributed by atoms with Gasteiger partial charge in [0.2, 0.25) is 5.91 Å². The van der Waals surface area contributed by atoms with Crippen LogP contribution in [0.1, 0.15) is 49.5 Å². The molecule has 0 aromatic heterocycles. The molecule has 1 atom stereocenters. The monoisotopic (exact) mass is 505 g/mol. The molecule has 0 saturated carbocycles. The molecular weight excluding hydrogens is 478 g/mol. The number of carbonyl (C=O) groups excluding carboxylic acids is 2. The zero-order valence-electron chi connectivity index (χ0n) is 19.2. The molecule has 1 saturated heterocycles. The predicted molar refractivity (Wildman–Crippen MR) is 125 cm³/mol. The minimum absolute atomic E-state index is 0.0407. The summed E-state index contributed by atoms with van der Waals surface area (Å²) < 4.78 is 51.0. The SMILES string of the molecule is CC(C)(C)c1ccc(C(=O)N2CCCC(C(=O)NN3S(=O)(=O)c4ccccc4S3(=O)=O)C2)cc1. The smallest absolute Gasteiger partial charge is 0.275 e. The molecule has 1 fully saturated rings. The molecule has 0 radical (unpaired) electrons. The number of piperidine rings is 1. The van der Waals surface area contributed by atoms with Crippen molar-refractivity contribution in [1.82, 2.24) is 14.1 Å². The van der Waals surface area contributed by atoms with E-state index >= 15 is 0 Å². The summed E-state index contributed by atoms with van der Waals surface area (Å²) in [5.74, 6) is -1.74. The third kappa shape index (κ3) is 4.23. The first-order valence-corrected chi connectivity index (χ1v) is 13.8. The van der Waals surface area contributed by atoms with Crippen molar-refractivity contribution in [2.45, 2.75) is 48.8 Å². The number of nitrogens with zero attached hydrogens (tertiary/aromatic N) is 2. The van der Waals surface area contributed by atoms with Crippen LogP contribution in [-0.4, -0.2) is 50.5 Å². The summed E-state index contributed by atoms with van der Waals surface area (Å²) in [5, 5.41) is 0. The predicted octanol–water partition coefficient (Wildman–Crippen LogP) is 2.26. The highest BCUT2D eigenvalue weighted by Gasteiger charge is 2.49. The molecule has 2 aliphatic rings. The van der Waals surface area contributed by atoms with Gasteiger partial charge in [0.25, 0.3) is 26.0 Å². The first kappa shape index (κ1) is 24.4. The van der Waals surface area contributed by atoms with Gasteiger partial charge in [-0.05, 0) is 48.1 Å². The minimum atomic E-state index is -4.44. The number of hydrazine groups is 1. The van der Waals surface area contributed by atoms with Gasteiger partial charge in [0.05, 0.1) is 5.92 Å². The Labute approximate surface area is 199 Å². The summed E-state index contributed by atoms with van der Waals surface area (Å²) in [6.45, 7) is 6.76. The summed E-state index contributed by atoms with van der Waals surface area (Å²) >= 11 is 0. The van der Waals surface area contributed by atoms with Gasteiger partial charge in [-0.25, -0.2) is 16.8 Å². The van der Waals surface area contributed by atoms with Gasteiger partial charge in [-0.1, -0.05) is 45.0 Å². The van der Waals surface area contributed by atoms with E-state index < -0.39 is 31.9 Å². The van der Waals surface area contributed by atoms with Crippen molar-refractivity contribution in [2.75, 3.05) is 13.1 Å². The quantitative estimate of drug-likeness (QED) is 0.683. The molecule has 182 valence electrons. The largest absolute Gasteiger partial charge is 0.338 e. The van der Waals surface area contributed by atoms with Crippen molar-refractivity contribution < 1.29 is 26.4 Å². The van der Waals surface area contributed by atoms with E-state index in [9.17, 15) is 26.4 Å². The standard InChI is InChI=1S/C23H27N3O6S2/c1-23(2,3)18-12-10-16(11-13-18)22(28)25-14-6-7-17(15-25)21(27)24-26-33(29,30)19-8-4-5-9-20(19)34(26,31)32/h4-5,8-13,17H,6-7,14-15H2,1-3H3,(H,24,27). The molecular formula is C23H27N3O6S2. The third-order valence-electron chi connectivity index (χ3n) is 6.12. The lowest BCUT2D eigenvalue weighted by atomic mass is 9.86. The Balaban J connectivity index is 1.49. The number of likely N-dealkylation sites (tertiary alicyclic amines) is 1. The summed E-state index contributed by atoms with van der Waals surface area (Å²) in [6.07, 6.45) is 0.934. The van der Waals surface area contributed by atoms with Gasteiger partial charge >= 0.3 is 0 Å². The van der Waals surface area contributed by atoms with Crippen LogP contribution >= 0.6 is 0 Å². The van der Waals surface area contributed by atoms with E-state index in [1.807, 2.05) is 12.1 Å². The molecule has 9 nitrogen and oxygen atoms in total. The average molecular weight is 506 g/mol. The van der Waals surface area contributed by atoms with Crippen LogP contribution < -0.4 is 5.43 Å². The summed E-state index contributed by atoms with van der Waals surface area (Å²) in [6, 6.07) is 12.5. The normalized spacial score (nSPS) is 21.6. The lowest BCUT2D eigenvalue weighted by Crippen LogP contribution is -2.51. The molecule has 2 aromatic rings. The molecule has 34 heavy (non-hydrogen) atoms. The van der Waals surface area contributed by atoms with E-state index in [1.54, 1.807) is 17.0 Å². The van der Waals surface area contributed by atoms with Gasteiger partial charge in [0.1, 0.15) is 9.79 Å². The number of benzene rings is 2. The maximum atomic E-state index is 13.0. The number of nitrogens with one attached hydrogen (secondary N) is 1. The van der Waals surface area contributed by atoms with Crippen LogP contribution in [0.25, 0.3) is 0 Å². The molecule has 2 aliphatic heterocycles. The molecule has 4 rings (SSSR count). The van der Waals surface area contributed by atoms with Crippen molar-refractivity contribution in [3.05, 3.63) is 59.7 Å². The van der Waals surface area contributed by atoms with Crippen molar-refractivity contribution in [2.24, 2.45) is 5.92 Å². The van der Waals surface area contributed by atoms with Gasteiger partial charge in [-0.2, -0.15) is 0 Å². The van der Waals surface area contributed by atoms with Crippen LogP contribution in [0.3, 0.4) is 0 Å². The molecule has 0 spiro atoms. The number of hydrogen-bond donors (Lipinski definition) is 1. The summed E-state index contributed by atoms with van der Waals surface area (Å²) in [4.78, 5) is 26.7. The topological polar surface area (TPSA) is 121 Å². The maximum absolute atomic E-state index is 13.0. The second kappa shape index (κ2) is 8.47. The fraction of sp³-hybridized carbons (Fsp3) is 0.391. The third-order valence-corrected chi connectivity index (χ3v) is 10.3. The van der Waals surface area contributed by atoms with Crippen LogP contribution in [0.2, 0.25) is 0 Å². The molecule has 1 N–H and O–H groups in total. The second-order valence-electron chi connectivity index (χ2n) is 9.55. The van der Waals surface area contributed by atoms with E-state index in [-0.39, 0.29) is 31.5 Å². The zero-order valence-corrected chi connectivity index (χ0v) is 20.8. The van der Waals surface area contributed by atoms with Crippen LogP contribution in [-0.2, 0) is 30.3 Å². The summed E-state index contributed by atoms with van der Waals surface area (Å²) in [5.41, 5.74) is 3.62. The average Bonchev–Trinajstić information content (AvgIpc) is 2.95. The number of carbonyl (C=O) groups is 2. The fourth-order valence-corrected chi connectivity index (χ4v) is 8.23. The number of rotatable bonds is 3. The van der Waals surface area contributed by atoms with E-state index in [0.717, 1.165) is 5.56 Å². The van der Waals surface area contributed by atoms with Gasteiger partial charge in [0.15, 0.2) is 0 Å². The van der Waals surface area contributed by atoms with Gasteiger partial charge in [-0.3, -0.25) is 15.0 Å². The van der Waals surface area contributed by atoms with Crippen molar-refractivity contribution in [3.63, 3.8) is 0 Å². The second-order valence-corrected chi connectivity index (χ2v) is 13.3. The Morgan fingerprint density at radius 2 is 1.47 bits per heavy atom. The zero-order chi connectivity index (χ0) is 24.9. The number of amides is 2. The van der Waals surface area contributed by atoms with Crippen LogP contribution in [0, 0.1) is 5.92 Å². The molecule has 2 amide bonds.